The molecule has 1 heterocycles. The molecule has 0 spiro atoms. The number of carbonyl (C=O) groups excluding carboxylic acids is 1. The van der Waals surface area contributed by atoms with Crippen LogP contribution in [0.1, 0.15) is 26.7 Å². The molecule has 0 saturated heterocycles. The topological polar surface area (TPSA) is 64.2 Å². The van der Waals surface area contributed by atoms with Crippen LogP contribution in [0.15, 0.2) is 33.5 Å². The number of para-hydroxylation sites is 2. The van der Waals surface area contributed by atoms with Gasteiger partial charge in [-0.15, -0.1) is 0 Å². The Morgan fingerprint density at radius 2 is 2.10 bits per heavy atom. The molecule has 0 fully saturated rings. The van der Waals surface area contributed by atoms with E-state index in [0.717, 1.165) is 11.9 Å². The molecule has 0 aliphatic rings. The van der Waals surface area contributed by atoms with E-state index < -0.39 is 5.76 Å². The van der Waals surface area contributed by atoms with Crippen molar-refractivity contribution in [1.29, 1.82) is 0 Å². The van der Waals surface area contributed by atoms with Crippen LogP contribution in [0.2, 0.25) is 0 Å². The lowest BCUT2D eigenvalue weighted by Crippen LogP contribution is -2.27. The molecule has 0 radical (unpaired) electrons. The molecule has 2 rings (SSSR count). The highest BCUT2D eigenvalue weighted by Gasteiger charge is 2.10. The van der Waals surface area contributed by atoms with Crippen LogP contribution in [0.25, 0.3) is 11.1 Å². The predicted molar refractivity (Wildman–Crippen MR) is 77.6 cm³/mol. The molecule has 1 N–H and O–H groups in total. The van der Waals surface area contributed by atoms with Gasteiger partial charge in [0.05, 0.1) is 5.52 Å². The molecule has 108 valence electrons. The van der Waals surface area contributed by atoms with Gasteiger partial charge >= 0.3 is 5.76 Å². The Kier molecular flexibility index (Phi) is 4.61. The van der Waals surface area contributed by atoms with Gasteiger partial charge in [0.25, 0.3) is 0 Å². The Bertz CT molecular complexity index is 640. The SMILES string of the molecule is CC(C)CCNC(=O)CCn1c(=O)oc2ccccc21. The molecule has 0 saturated carbocycles. The van der Waals surface area contributed by atoms with Gasteiger partial charge in [-0.05, 0) is 24.5 Å². The molecule has 0 atom stereocenters. The highest BCUT2D eigenvalue weighted by Crippen LogP contribution is 2.11. The van der Waals surface area contributed by atoms with Gasteiger partial charge in [-0.2, -0.15) is 0 Å². The lowest BCUT2D eigenvalue weighted by molar-refractivity contribution is -0.121. The fourth-order valence-corrected chi connectivity index (χ4v) is 2.03. The number of fused-ring (bicyclic) bond motifs is 1. The van der Waals surface area contributed by atoms with Gasteiger partial charge in [0.2, 0.25) is 5.91 Å². The van der Waals surface area contributed by atoms with Crippen LogP contribution < -0.4 is 11.1 Å². The average molecular weight is 276 g/mol. The molecule has 1 aromatic carbocycles. The number of nitrogens with zero attached hydrogens (tertiary/aromatic N) is 1. The molecular weight excluding hydrogens is 256 g/mol. The number of benzene rings is 1. The first-order valence-corrected chi connectivity index (χ1v) is 6.93. The summed E-state index contributed by atoms with van der Waals surface area (Å²) in [7, 11) is 0. The van der Waals surface area contributed by atoms with Crippen molar-refractivity contribution < 1.29 is 9.21 Å². The maximum atomic E-state index is 11.7. The van der Waals surface area contributed by atoms with Crippen LogP contribution >= 0.6 is 0 Å². The minimum absolute atomic E-state index is 0.0390. The zero-order valence-electron chi connectivity index (χ0n) is 11.9. The average Bonchev–Trinajstić information content (AvgIpc) is 2.71. The molecule has 5 nitrogen and oxygen atoms in total. The highest BCUT2D eigenvalue weighted by molar-refractivity contribution is 5.76. The van der Waals surface area contributed by atoms with Crippen molar-refractivity contribution in [3.8, 4) is 0 Å². The normalized spacial score (nSPS) is 11.2. The van der Waals surface area contributed by atoms with Crippen molar-refractivity contribution in [1.82, 2.24) is 9.88 Å². The van der Waals surface area contributed by atoms with Crippen LogP contribution in [0.5, 0.6) is 0 Å². The zero-order chi connectivity index (χ0) is 14.5. The summed E-state index contributed by atoms with van der Waals surface area (Å²) in [5.74, 6) is 0.111. The van der Waals surface area contributed by atoms with Gasteiger partial charge in [0.1, 0.15) is 0 Å². The molecule has 2 aromatic rings. The van der Waals surface area contributed by atoms with E-state index >= 15 is 0 Å². The Hall–Kier alpha value is -2.04. The fraction of sp³-hybridized carbons (Fsp3) is 0.467. The number of oxazole rings is 1. The van der Waals surface area contributed by atoms with Crippen molar-refractivity contribution >= 4 is 17.0 Å². The molecule has 1 amide bonds. The predicted octanol–water partition coefficient (Wildman–Crippen LogP) is 2.15. The van der Waals surface area contributed by atoms with E-state index in [1.165, 1.54) is 4.57 Å². The summed E-state index contributed by atoms with van der Waals surface area (Å²) in [5, 5.41) is 2.86. The summed E-state index contributed by atoms with van der Waals surface area (Å²) in [5.41, 5.74) is 1.28. The summed E-state index contributed by atoms with van der Waals surface area (Å²) in [6.45, 7) is 5.24. The van der Waals surface area contributed by atoms with E-state index in [1.54, 1.807) is 6.07 Å². The maximum absolute atomic E-state index is 11.7. The smallest absolute Gasteiger partial charge is 0.408 e. The molecule has 0 aliphatic carbocycles. The first-order valence-electron chi connectivity index (χ1n) is 6.93. The number of carbonyl (C=O) groups is 1. The highest BCUT2D eigenvalue weighted by atomic mass is 16.4. The third-order valence-electron chi connectivity index (χ3n) is 3.18. The largest absolute Gasteiger partial charge is 0.419 e. The van der Waals surface area contributed by atoms with Gasteiger partial charge in [0.15, 0.2) is 5.58 Å². The van der Waals surface area contributed by atoms with Crippen LogP contribution in [-0.4, -0.2) is 17.0 Å². The number of hydrogen-bond donors (Lipinski definition) is 1. The van der Waals surface area contributed by atoms with E-state index in [1.807, 2.05) is 18.2 Å². The van der Waals surface area contributed by atoms with Crippen LogP contribution in [-0.2, 0) is 11.3 Å². The third kappa shape index (κ3) is 3.50. The van der Waals surface area contributed by atoms with Crippen LogP contribution in [0.4, 0.5) is 0 Å². The number of aromatic nitrogens is 1. The quantitative estimate of drug-likeness (QED) is 0.879. The second-order valence-electron chi connectivity index (χ2n) is 5.27. The lowest BCUT2D eigenvalue weighted by atomic mass is 10.1. The van der Waals surface area contributed by atoms with E-state index in [2.05, 4.69) is 19.2 Å². The monoisotopic (exact) mass is 276 g/mol. The molecule has 0 bridgehead atoms. The second kappa shape index (κ2) is 6.41. The van der Waals surface area contributed by atoms with E-state index in [4.69, 9.17) is 4.42 Å². The number of aryl methyl sites for hydroxylation is 1. The standard InChI is InChI=1S/C15H20N2O3/c1-11(2)7-9-16-14(18)8-10-17-12-5-3-4-6-13(12)20-15(17)19/h3-6,11H,7-10H2,1-2H3,(H,16,18). The van der Waals surface area contributed by atoms with Crippen LogP contribution in [0.3, 0.4) is 0 Å². The minimum atomic E-state index is -0.416. The molecule has 1 aromatic heterocycles. The lowest BCUT2D eigenvalue weighted by Gasteiger charge is -2.07. The van der Waals surface area contributed by atoms with E-state index in [-0.39, 0.29) is 12.3 Å². The summed E-state index contributed by atoms with van der Waals surface area (Å²) >= 11 is 0. The van der Waals surface area contributed by atoms with Crippen molar-refractivity contribution in [3.05, 3.63) is 34.8 Å². The first kappa shape index (κ1) is 14.4. The molecular formula is C15H20N2O3. The summed E-state index contributed by atoms with van der Waals surface area (Å²) in [6, 6.07) is 7.22. The van der Waals surface area contributed by atoms with Gasteiger partial charge in [0, 0.05) is 19.5 Å². The van der Waals surface area contributed by atoms with Gasteiger partial charge < -0.3 is 9.73 Å². The Labute approximate surface area is 117 Å². The minimum Gasteiger partial charge on any atom is -0.408 e. The van der Waals surface area contributed by atoms with E-state index in [0.29, 0.717) is 24.6 Å². The molecule has 0 unspecified atom stereocenters. The first-order chi connectivity index (χ1) is 9.58. The summed E-state index contributed by atoms with van der Waals surface area (Å²) in [6.07, 6.45) is 1.24. The Morgan fingerprint density at radius 1 is 1.35 bits per heavy atom. The van der Waals surface area contributed by atoms with Crippen molar-refractivity contribution in [3.63, 3.8) is 0 Å². The maximum Gasteiger partial charge on any atom is 0.419 e. The number of hydrogen-bond acceptors (Lipinski definition) is 3. The molecule has 20 heavy (non-hydrogen) atoms. The van der Waals surface area contributed by atoms with Gasteiger partial charge in [-0.3, -0.25) is 9.36 Å². The fourth-order valence-electron chi connectivity index (χ4n) is 2.03. The Morgan fingerprint density at radius 3 is 2.85 bits per heavy atom. The van der Waals surface area contributed by atoms with E-state index in [9.17, 15) is 9.59 Å². The number of amides is 1. The Balaban J connectivity index is 1.94. The third-order valence-corrected chi connectivity index (χ3v) is 3.18. The van der Waals surface area contributed by atoms with Gasteiger partial charge in [-0.1, -0.05) is 26.0 Å². The molecule has 0 aliphatic heterocycles. The van der Waals surface area contributed by atoms with Crippen LogP contribution in [0, 0.1) is 5.92 Å². The van der Waals surface area contributed by atoms with Crippen molar-refractivity contribution in [2.24, 2.45) is 5.92 Å². The second-order valence-corrected chi connectivity index (χ2v) is 5.27. The number of rotatable bonds is 6. The molecule has 5 heteroatoms. The van der Waals surface area contributed by atoms with Crippen molar-refractivity contribution in [2.75, 3.05) is 6.54 Å². The number of nitrogens with one attached hydrogen (secondary N) is 1. The van der Waals surface area contributed by atoms with Gasteiger partial charge in [-0.25, -0.2) is 4.79 Å². The van der Waals surface area contributed by atoms with Crippen molar-refractivity contribution in [2.45, 2.75) is 33.2 Å². The summed E-state index contributed by atoms with van der Waals surface area (Å²) in [4.78, 5) is 23.4. The zero-order valence-corrected chi connectivity index (χ0v) is 11.9. The summed E-state index contributed by atoms with van der Waals surface area (Å²) < 4.78 is 6.62.